The fourth-order valence-corrected chi connectivity index (χ4v) is 5.41. The summed E-state index contributed by atoms with van der Waals surface area (Å²) in [6, 6.07) is 3.88. The molecular formula is C31H46N6O8. The second-order valence-electron chi connectivity index (χ2n) is 12.8. The van der Waals surface area contributed by atoms with Crippen molar-refractivity contribution in [2.75, 3.05) is 13.7 Å². The Morgan fingerprint density at radius 3 is 2.56 bits per heavy atom. The van der Waals surface area contributed by atoms with E-state index in [9.17, 15) is 24.8 Å². The number of ether oxygens (including phenoxy) is 4. The van der Waals surface area contributed by atoms with Gasteiger partial charge in [0.05, 0.1) is 11.4 Å². The first-order valence-electron chi connectivity index (χ1n) is 15.3. The zero-order valence-corrected chi connectivity index (χ0v) is 26.9. The second-order valence-corrected chi connectivity index (χ2v) is 12.8. The number of hydrogen-bond acceptors (Lipinski definition) is 10. The molecule has 1 saturated carbocycles. The number of alkyl carbamates (subject to hydrolysis) is 1. The van der Waals surface area contributed by atoms with Gasteiger partial charge in [0.15, 0.2) is 6.10 Å². The number of nitrogens with zero attached hydrogens (tertiary/aromatic N) is 3. The van der Waals surface area contributed by atoms with Crippen LogP contribution in [-0.4, -0.2) is 83.9 Å². The highest BCUT2D eigenvalue weighted by molar-refractivity contribution is 5.99. The van der Waals surface area contributed by atoms with Crippen LogP contribution in [0.25, 0.3) is 0 Å². The van der Waals surface area contributed by atoms with Crippen molar-refractivity contribution in [1.29, 1.82) is 5.26 Å². The van der Waals surface area contributed by atoms with Gasteiger partial charge in [-0.1, -0.05) is 33.1 Å². The van der Waals surface area contributed by atoms with Gasteiger partial charge in [-0.05, 0) is 57.6 Å². The predicted molar refractivity (Wildman–Crippen MR) is 164 cm³/mol. The molecule has 5 N–H and O–H groups in total. The third-order valence-electron chi connectivity index (χ3n) is 7.71. The van der Waals surface area contributed by atoms with Crippen LogP contribution >= 0.6 is 0 Å². The van der Waals surface area contributed by atoms with Crippen molar-refractivity contribution < 1.29 is 38.4 Å². The number of carbonyl (C=O) groups is 3. The summed E-state index contributed by atoms with van der Waals surface area (Å²) >= 11 is 0. The van der Waals surface area contributed by atoms with Crippen molar-refractivity contribution in [3.63, 3.8) is 0 Å². The Morgan fingerprint density at radius 1 is 1.27 bits per heavy atom. The van der Waals surface area contributed by atoms with E-state index in [1.807, 2.05) is 6.07 Å². The molecule has 1 saturated heterocycles. The van der Waals surface area contributed by atoms with Crippen molar-refractivity contribution in [2.45, 2.75) is 109 Å². The van der Waals surface area contributed by atoms with Crippen molar-refractivity contribution in [3.05, 3.63) is 23.5 Å². The van der Waals surface area contributed by atoms with Gasteiger partial charge in [0.1, 0.15) is 48.7 Å². The molecule has 45 heavy (non-hydrogen) atoms. The normalized spacial score (nSPS) is 25.1. The number of amidine groups is 1. The number of aliphatic imine (C=N–C) groups is 2. The number of carbonyl (C=O) groups excluding carboxylic acids is 3. The molecule has 1 aromatic rings. The van der Waals surface area contributed by atoms with Crippen LogP contribution in [0.2, 0.25) is 0 Å². The van der Waals surface area contributed by atoms with Gasteiger partial charge in [-0.15, -0.1) is 0 Å². The molecule has 1 aromatic heterocycles. The number of H-pyrrole nitrogens is 1. The summed E-state index contributed by atoms with van der Waals surface area (Å²) in [6.45, 7) is 8.07. The number of aromatic amines is 1. The van der Waals surface area contributed by atoms with Crippen LogP contribution in [0.4, 0.5) is 4.79 Å². The largest absolute Gasteiger partial charge is 0.463 e. The molecule has 2 aliphatic rings. The van der Waals surface area contributed by atoms with Crippen molar-refractivity contribution in [3.8, 4) is 6.07 Å². The number of amides is 1. The van der Waals surface area contributed by atoms with Gasteiger partial charge < -0.3 is 40.1 Å². The standard InChI is InChI=1S/C31H46N6O8/c1-18(2)24(37-29(41)45-30(3,4)5)28(40)43-25-21(15-42-23(38)14-19-10-8-7-9-11-19)44-31(16-32,26(25)39)22-13-12-20(36-22)27(33)35-17-34-6/h12-13,17-19,21,24-26,36,39H,7-11,14-15H2,1-6H3,(H,37,41)(H2,33,34,35)/t21-,24+,25-,26-,31+/m1/s1. The molecule has 3 rings (SSSR count). The number of aliphatic hydroxyl groups excluding tert-OH is 1. The Balaban J connectivity index is 1.87. The van der Waals surface area contributed by atoms with Crippen molar-refractivity contribution in [2.24, 2.45) is 27.6 Å². The van der Waals surface area contributed by atoms with Gasteiger partial charge in [0.25, 0.3) is 0 Å². The lowest BCUT2D eigenvalue weighted by Gasteiger charge is -2.28. The average Bonchev–Trinajstić information content (AvgIpc) is 3.57. The molecule has 14 heteroatoms. The molecular weight excluding hydrogens is 584 g/mol. The number of nitriles is 1. The lowest BCUT2D eigenvalue weighted by molar-refractivity contribution is -0.163. The molecule has 0 unspecified atom stereocenters. The van der Waals surface area contributed by atoms with Gasteiger partial charge >= 0.3 is 18.0 Å². The molecule has 0 bridgehead atoms. The number of esters is 2. The molecule has 1 aliphatic carbocycles. The molecule has 0 radical (unpaired) electrons. The first kappa shape index (κ1) is 35.5. The summed E-state index contributed by atoms with van der Waals surface area (Å²) in [6.07, 6.45) is 1.40. The van der Waals surface area contributed by atoms with Gasteiger partial charge in [-0.2, -0.15) is 5.26 Å². The number of rotatable bonds is 11. The zero-order chi connectivity index (χ0) is 33.4. The van der Waals surface area contributed by atoms with Crippen LogP contribution in [0.15, 0.2) is 22.1 Å². The number of nitrogens with two attached hydrogens (primary N) is 1. The summed E-state index contributed by atoms with van der Waals surface area (Å²) in [4.78, 5) is 49.4. The molecule has 14 nitrogen and oxygen atoms in total. The van der Waals surface area contributed by atoms with Gasteiger partial charge in [0.2, 0.25) is 5.60 Å². The topological polar surface area (TPSA) is 211 Å². The highest BCUT2D eigenvalue weighted by atomic mass is 16.6. The third kappa shape index (κ3) is 9.27. The van der Waals surface area contributed by atoms with E-state index >= 15 is 0 Å². The minimum Gasteiger partial charge on any atom is -0.463 e. The van der Waals surface area contributed by atoms with Crippen LogP contribution in [-0.2, 0) is 34.1 Å². The van der Waals surface area contributed by atoms with Gasteiger partial charge in [-0.25, -0.2) is 14.6 Å². The quantitative estimate of drug-likeness (QED) is 0.121. The smallest absolute Gasteiger partial charge is 0.408 e. The summed E-state index contributed by atoms with van der Waals surface area (Å²) in [7, 11) is 1.53. The SMILES string of the molecule is CN=CN=C(N)c1ccc([C@]2(C#N)O[C@H](COC(=O)CC3CCCCC3)[C@@H](OC(=O)[C@@H](NC(=O)OC(C)(C)C)C(C)C)[C@H]2O)[nH]1. The second kappa shape index (κ2) is 15.4. The van der Waals surface area contributed by atoms with Crippen LogP contribution in [0.3, 0.4) is 0 Å². The number of nitrogens with one attached hydrogen (secondary N) is 2. The monoisotopic (exact) mass is 630 g/mol. The number of aromatic nitrogens is 1. The maximum absolute atomic E-state index is 13.5. The van der Waals surface area contributed by atoms with Crippen LogP contribution in [0.5, 0.6) is 0 Å². The van der Waals surface area contributed by atoms with E-state index in [0.717, 1.165) is 32.1 Å². The first-order valence-corrected chi connectivity index (χ1v) is 15.3. The Labute approximate surface area is 263 Å². The van der Waals surface area contributed by atoms with Crippen LogP contribution in [0.1, 0.15) is 84.5 Å². The van der Waals surface area contributed by atoms with E-state index < -0.39 is 59.5 Å². The van der Waals surface area contributed by atoms with Crippen LogP contribution in [0, 0.1) is 23.2 Å². The molecule has 0 aromatic carbocycles. The van der Waals surface area contributed by atoms with Gasteiger partial charge in [-0.3, -0.25) is 9.79 Å². The predicted octanol–water partition coefficient (Wildman–Crippen LogP) is 2.83. The molecule has 2 heterocycles. The van der Waals surface area contributed by atoms with E-state index in [1.54, 1.807) is 40.7 Å². The summed E-state index contributed by atoms with van der Waals surface area (Å²) in [5.41, 5.74) is 3.57. The van der Waals surface area contributed by atoms with Crippen molar-refractivity contribution in [1.82, 2.24) is 10.3 Å². The lowest BCUT2D eigenvalue weighted by Crippen LogP contribution is -2.50. The van der Waals surface area contributed by atoms with E-state index in [1.165, 1.54) is 19.5 Å². The molecule has 1 aliphatic heterocycles. The lowest BCUT2D eigenvalue weighted by atomic mass is 9.87. The van der Waals surface area contributed by atoms with E-state index in [0.29, 0.717) is 5.69 Å². The minimum absolute atomic E-state index is 0.0663. The molecule has 0 spiro atoms. The maximum atomic E-state index is 13.5. The van der Waals surface area contributed by atoms with E-state index in [4.69, 9.17) is 24.7 Å². The first-order chi connectivity index (χ1) is 21.2. The molecule has 1 amide bonds. The Bertz CT molecular complexity index is 1290. The van der Waals surface area contributed by atoms with E-state index in [-0.39, 0.29) is 30.5 Å². The number of aliphatic hydroxyl groups is 1. The highest BCUT2D eigenvalue weighted by Crippen LogP contribution is 2.41. The van der Waals surface area contributed by atoms with Crippen LogP contribution < -0.4 is 11.1 Å². The molecule has 248 valence electrons. The summed E-state index contributed by atoms with van der Waals surface area (Å²) < 4.78 is 22.7. The third-order valence-corrected chi connectivity index (χ3v) is 7.71. The minimum atomic E-state index is -2.06. The Morgan fingerprint density at radius 2 is 1.96 bits per heavy atom. The summed E-state index contributed by atoms with van der Waals surface area (Å²) in [5, 5.41) is 24.4. The van der Waals surface area contributed by atoms with Gasteiger partial charge in [0, 0.05) is 13.5 Å². The molecule has 2 fully saturated rings. The fraction of sp³-hybridized carbons (Fsp3) is 0.677. The fourth-order valence-electron chi connectivity index (χ4n) is 5.41. The molecule has 5 atom stereocenters. The maximum Gasteiger partial charge on any atom is 0.408 e. The van der Waals surface area contributed by atoms with Crippen molar-refractivity contribution >= 4 is 30.2 Å². The zero-order valence-electron chi connectivity index (χ0n) is 26.9. The number of hydrogen-bond donors (Lipinski definition) is 4. The summed E-state index contributed by atoms with van der Waals surface area (Å²) in [5.74, 6) is -1.48. The highest BCUT2D eigenvalue weighted by Gasteiger charge is 2.59. The Hall–Kier alpha value is -3.96. The average molecular weight is 631 g/mol. The van der Waals surface area contributed by atoms with E-state index in [2.05, 4.69) is 20.3 Å². The Kier molecular flexibility index (Phi) is 12.1.